The third-order valence-corrected chi connectivity index (χ3v) is 7.19. The molecule has 1 fully saturated rings. The highest BCUT2D eigenvalue weighted by atomic mass is 35.5. The number of hydrogen-bond donors (Lipinski definition) is 0. The Bertz CT molecular complexity index is 850. The molecule has 1 aliphatic rings. The van der Waals surface area contributed by atoms with Crippen molar-refractivity contribution in [3.63, 3.8) is 0 Å². The van der Waals surface area contributed by atoms with E-state index < -0.39 is 9.84 Å². The van der Waals surface area contributed by atoms with Gasteiger partial charge in [0.15, 0.2) is 9.84 Å². The van der Waals surface area contributed by atoms with Gasteiger partial charge >= 0.3 is 0 Å². The number of carbonyl (C=O) groups excluding carboxylic acids is 1. The van der Waals surface area contributed by atoms with Gasteiger partial charge in [0.25, 0.3) is 5.91 Å². The van der Waals surface area contributed by atoms with Crippen molar-refractivity contribution in [1.29, 1.82) is 0 Å². The summed E-state index contributed by atoms with van der Waals surface area (Å²) in [5, 5.41) is 2.81. The van der Waals surface area contributed by atoms with E-state index in [1.807, 2.05) is 5.38 Å². The maximum Gasteiger partial charge on any atom is 0.264 e. The van der Waals surface area contributed by atoms with Gasteiger partial charge in [-0.1, -0.05) is 35.3 Å². The van der Waals surface area contributed by atoms with Crippen LogP contribution in [0, 0.1) is 0 Å². The molecule has 0 aliphatic carbocycles. The van der Waals surface area contributed by atoms with Crippen LogP contribution in [0.15, 0.2) is 35.7 Å². The lowest BCUT2D eigenvalue weighted by molar-refractivity contribution is 0.0686. The minimum absolute atomic E-state index is 0.00464. The first-order valence-corrected chi connectivity index (χ1v) is 10.8. The Morgan fingerprint density at radius 2 is 2.08 bits per heavy atom. The van der Waals surface area contributed by atoms with Gasteiger partial charge in [-0.3, -0.25) is 4.79 Å². The quantitative estimate of drug-likeness (QED) is 0.777. The second-order valence-electron chi connectivity index (χ2n) is 5.70. The smallest absolute Gasteiger partial charge is 0.264 e. The number of halogens is 2. The number of rotatable bonds is 4. The zero-order valence-corrected chi connectivity index (χ0v) is 15.8. The molecule has 0 unspecified atom stereocenters. The molecule has 1 amide bonds. The maximum atomic E-state index is 12.9. The van der Waals surface area contributed by atoms with E-state index in [-0.39, 0.29) is 30.0 Å². The summed E-state index contributed by atoms with van der Waals surface area (Å²) in [6.07, 6.45) is 0.449. The van der Waals surface area contributed by atoms with Gasteiger partial charge in [0, 0.05) is 22.6 Å². The number of benzene rings is 1. The summed E-state index contributed by atoms with van der Waals surface area (Å²) >= 11 is 13.5. The van der Waals surface area contributed by atoms with E-state index in [1.165, 1.54) is 11.3 Å². The van der Waals surface area contributed by atoms with Crippen molar-refractivity contribution in [3.8, 4) is 0 Å². The molecule has 0 radical (unpaired) electrons. The lowest BCUT2D eigenvalue weighted by Crippen LogP contribution is -2.40. The summed E-state index contributed by atoms with van der Waals surface area (Å²) in [5.41, 5.74) is 0.746. The summed E-state index contributed by atoms with van der Waals surface area (Å²) in [4.78, 5) is 15.1. The van der Waals surface area contributed by atoms with Crippen LogP contribution in [0.25, 0.3) is 0 Å². The summed E-state index contributed by atoms with van der Waals surface area (Å²) < 4.78 is 23.7. The molecule has 0 saturated carbocycles. The number of carbonyl (C=O) groups is 1. The van der Waals surface area contributed by atoms with Crippen molar-refractivity contribution in [2.45, 2.75) is 19.0 Å². The fraction of sp³-hybridized carbons (Fsp3) is 0.312. The fourth-order valence-corrected chi connectivity index (χ4v) is 5.64. The Hall–Kier alpha value is -1.08. The Balaban J connectivity index is 1.91. The summed E-state index contributed by atoms with van der Waals surface area (Å²) in [5.74, 6) is -0.0617. The normalized spacial score (nSPS) is 19.3. The average Bonchev–Trinajstić information content (AvgIpc) is 3.15. The number of thiophene rings is 1. The number of hydrogen-bond acceptors (Lipinski definition) is 4. The van der Waals surface area contributed by atoms with Crippen LogP contribution in [0.2, 0.25) is 10.0 Å². The lowest BCUT2D eigenvalue weighted by Gasteiger charge is -2.28. The Morgan fingerprint density at radius 1 is 1.29 bits per heavy atom. The number of amides is 1. The van der Waals surface area contributed by atoms with E-state index in [9.17, 15) is 13.2 Å². The average molecular weight is 404 g/mol. The van der Waals surface area contributed by atoms with Crippen LogP contribution in [-0.4, -0.2) is 36.8 Å². The van der Waals surface area contributed by atoms with Gasteiger partial charge in [-0.15, -0.1) is 11.3 Å². The highest BCUT2D eigenvalue weighted by molar-refractivity contribution is 7.91. The molecule has 0 N–H and O–H groups in total. The van der Waals surface area contributed by atoms with Crippen molar-refractivity contribution in [2.24, 2.45) is 0 Å². The maximum absolute atomic E-state index is 12.9. The van der Waals surface area contributed by atoms with Crippen LogP contribution < -0.4 is 0 Å². The minimum atomic E-state index is -3.10. The van der Waals surface area contributed by atoms with Crippen LogP contribution in [-0.2, 0) is 16.4 Å². The van der Waals surface area contributed by atoms with E-state index in [2.05, 4.69) is 0 Å². The highest BCUT2D eigenvalue weighted by Gasteiger charge is 2.35. The van der Waals surface area contributed by atoms with E-state index in [0.717, 1.165) is 5.56 Å². The van der Waals surface area contributed by atoms with Gasteiger partial charge in [0.2, 0.25) is 0 Å². The number of sulfone groups is 1. The predicted molar refractivity (Wildman–Crippen MR) is 97.7 cm³/mol. The van der Waals surface area contributed by atoms with E-state index in [4.69, 9.17) is 23.2 Å². The van der Waals surface area contributed by atoms with Crippen LogP contribution in [0.4, 0.5) is 0 Å². The molecule has 0 bridgehead atoms. The van der Waals surface area contributed by atoms with Gasteiger partial charge < -0.3 is 4.90 Å². The molecular weight excluding hydrogens is 389 g/mol. The third-order valence-electron chi connectivity index (χ3n) is 4.00. The monoisotopic (exact) mass is 403 g/mol. The Kier molecular flexibility index (Phi) is 5.20. The number of nitrogens with zero attached hydrogens (tertiary/aromatic N) is 1. The van der Waals surface area contributed by atoms with Gasteiger partial charge in [-0.2, -0.15) is 0 Å². The molecule has 1 aromatic heterocycles. The van der Waals surface area contributed by atoms with Crippen LogP contribution in [0.5, 0.6) is 0 Å². The van der Waals surface area contributed by atoms with Gasteiger partial charge in [-0.25, -0.2) is 8.42 Å². The molecule has 0 spiro atoms. The largest absolute Gasteiger partial charge is 0.330 e. The first kappa shape index (κ1) is 17.7. The SMILES string of the molecule is O=C(c1cccs1)N(Cc1ccc(Cl)cc1Cl)[C@H]1CCS(=O)(=O)C1. The fourth-order valence-electron chi connectivity index (χ4n) is 2.76. The molecule has 8 heteroatoms. The molecule has 128 valence electrons. The summed E-state index contributed by atoms with van der Waals surface area (Å²) in [6, 6.07) is 8.31. The Labute approximate surface area is 154 Å². The predicted octanol–water partition coefficient (Wildman–Crippen LogP) is 3.88. The van der Waals surface area contributed by atoms with Gasteiger partial charge in [-0.05, 0) is 35.6 Å². The summed E-state index contributed by atoms with van der Waals surface area (Å²) in [6.45, 7) is 0.257. The topological polar surface area (TPSA) is 54.5 Å². The van der Waals surface area contributed by atoms with Crippen molar-refractivity contribution >= 4 is 50.3 Å². The zero-order chi connectivity index (χ0) is 17.3. The van der Waals surface area contributed by atoms with E-state index >= 15 is 0 Å². The lowest BCUT2D eigenvalue weighted by atomic mass is 10.1. The molecule has 1 atom stereocenters. The van der Waals surface area contributed by atoms with Crippen molar-refractivity contribution in [1.82, 2.24) is 4.90 Å². The first-order chi connectivity index (χ1) is 11.4. The van der Waals surface area contributed by atoms with E-state index in [1.54, 1.807) is 35.2 Å². The third kappa shape index (κ3) is 3.94. The van der Waals surface area contributed by atoms with Crippen molar-refractivity contribution in [3.05, 3.63) is 56.2 Å². The van der Waals surface area contributed by atoms with Gasteiger partial charge in [0.1, 0.15) is 0 Å². The summed E-state index contributed by atoms with van der Waals surface area (Å²) in [7, 11) is -3.10. The first-order valence-electron chi connectivity index (χ1n) is 7.34. The second-order valence-corrected chi connectivity index (χ2v) is 9.72. The van der Waals surface area contributed by atoms with Gasteiger partial charge in [0.05, 0.1) is 16.4 Å². The molecule has 1 aliphatic heterocycles. The van der Waals surface area contributed by atoms with E-state index in [0.29, 0.717) is 21.3 Å². The molecule has 1 aromatic carbocycles. The van der Waals surface area contributed by atoms with Crippen molar-refractivity contribution < 1.29 is 13.2 Å². The molecular formula is C16H15Cl2NO3S2. The molecule has 2 aromatic rings. The minimum Gasteiger partial charge on any atom is -0.330 e. The molecule has 4 nitrogen and oxygen atoms in total. The van der Waals surface area contributed by atoms with Crippen LogP contribution >= 0.6 is 34.5 Å². The second kappa shape index (κ2) is 7.04. The Morgan fingerprint density at radius 3 is 2.67 bits per heavy atom. The molecule has 2 heterocycles. The van der Waals surface area contributed by atoms with Crippen LogP contribution in [0.3, 0.4) is 0 Å². The molecule has 3 rings (SSSR count). The molecule has 24 heavy (non-hydrogen) atoms. The standard InChI is InChI=1S/C16H15Cl2NO3S2/c17-12-4-3-11(14(18)8-12)9-19(13-5-7-24(21,22)10-13)16(20)15-2-1-6-23-15/h1-4,6,8,13H,5,7,9-10H2/t13-/m0/s1. The zero-order valence-electron chi connectivity index (χ0n) is 12.6. The molecule has 1 saturated heterocycles. The van der Waals surface area contributed by atoms with Crippen LogP contribution in [0.1, 0.15) is 21.7 Å². The highest BCUT2D eigenvalue weighted by Crippen LogP contribution is 2.27. The van der Waals surface area contributed by atoms with Crippen molar-refractivity contribution in [2.75, 3.05) is 11.5 Å².